The fourth-order valence-electron chi connectivity index (χ4n) is 2.31. The maximum absolute atomic E-state index is 13.5. The minimum absolute atomic E-state index is 0.0609. The number of nitrogens with zero attached hydrogens (tertiary/aromatic N) is 1. The molecule has 1 fully saturated rings. The maximum atomic E-state index is 13.5. The largest absolute Gasteiger partial charge is 0.310 e. The molecule has 84 valence electrons. The van der Waals surface area contributed by atoms with Gasteiger partial charge in [0.15, 0.2) is 0 Å². The lowest BCUT2D eigenvalue weighted by Crippen LogP contribution is -2.54. The van der Waals surface area contributed by atoms with E-state index in [4.69, 9.17) is 0 Å². The van der Waals surface area contributed by atoms with Crippen molar-refractivity contribution in [1.82, 2.24) is 5.32 Å². The van der Waals surface area contributed by atoms with Crippen molar-refractivity contribution in [2.24, 2.45) is 0 Å². The molecule has 1 unspecified atom stereocenters. The Morgan fingerprint density at radius 1 is 1.50 bits per heavy atom. The van der Waals surface area contributed by atoms with Crippen LogP contribution < -0.4 is 10.2 Å². The summed E-state index contributed by atoms with van der Waals surface area (Å²) >= 11 is 0. The van der Waals surface area contributed by atoms with Crippen molar-refractivity contribution < 1.29 is 9.18 Å². The Hall–Kier alpha value is -1.42. The number of halogens is 1. The summed E-state index contributed by atoms with van der Waals surface area (Å²) in [6.45, 7) is 1.51. The zero-order chi connectivity index (χ0) is 11.1. The van der Waals surface area contributed by atoms with Crippen LogP contribution in [0.3, 0.4) is 0 Å². The highest BCUT2D eigenvalue weighted by atomic mass is 19.1. The quantitative estimate of drug-likeness (QED) is 0.768. The van der Waals surface area contributed by atoms with Gasteiger partial charge in [-0.25, -0.2) is 4.39 Å². The van der Waals surface area contributed by atoms with Gasteiger partial charge >= 0.3 is 0 Å². The van der Waals surface area contributed by atoms with Crippen molar-refractivity contribution >= 4 is 11.6 Å². The first-order valence-corrected chi connectivity index (χ1v) is 5.59. The van der Waals surface area contributed by atoms with Crippen LogP contribution >= 0.6 is 0 Å². The third-order valence-electron chi connectivity index (χ3n) is 3.36. The molecule has 1 saturated heterocycles. The van der Waals surface area contributed by atoms with Crippen LogP contribution in [0, 0.1) is 5.82 Å². The molecule has 4 heteroatoms. The van der Waals surface area contributed by atoms with E-state index in [1.165, 1.54) is 6.07 Å². The Morgan fingerprint density at radius 2 is 2.31 bits per heavy atom. The smallest absolute Gasteiger partial charge is 0.244 e. The van der Waals surface area contributed by atoms with E-state index < -0.39 is 0 Å². The van der Waals surface area contributed by atoms with Crippen LogP contribution in [0.2, 0.25) is 0 Å². The Balaban J connectivity index is 1.90. The number of hydrogen-bond acceptors (Lipinski definition) is 2. The van der Waals surface area contributed by atoms with Gasteiger partial charge in [0.25, 0.3) is 0 Å². The molecular formula is C12H13FN2O. The molecule has 1 atom stereocenters. The van der Waals surface area contributed by atoms with E-state index in [0.29, 0.717) is 18.5 Å². The van der Waals surface area contributed by atoms with E-state index in [0.717, 1.165) is 18.7 Å². The van der Waals surface area contributed by atoms with E-state index in [-0.39, 0.29) is 17.8 Å². The van der Waals surface area contributed by atoms with E-state index in [9.17, 15) is 9.18 Å². The summed E-state index contributed by atoms with van der Waals surface area (Å²) in [5.74, 6) is -0.120. The fraction of sp³-hybridized carbons (Fsp3) is 0.417. The Kier molecular flexibility index (Phi) is 2.17. The number of amides is 1. The topological polar surface area (TPSA) is 32.3 Å². The van der Waals surface area contributed by atoms with Gasteiger partial charge in [-0.3, -0.25) is 4.79 Å². The summed E-state index contributed by atoms with van der Waals surface area (Å²) < 4.78 is 13.5. The molecule has 1 amide bonds. The maximum Gasteiger partial charge on any atom is 0.244 e. The number of rotatable bonds is 1. The predicted octanol–water partition coefficient (Wildman–Crippen LogP) is 1.08. The van der Waals surface area contributed by atoms with Crippen molar-refractivity contribution in [1.29, 1.82) is 0 Å². The Morgan fingerprint density at radius 3 is 3.00 bits per heavy atom. The van der Waals surface area contributed by atoms with Crippen LogP contribution in [-0.2, 0) is 11.2 Å². The molecule has 0 radical (unpaired) electrons. The highest BCUT2D eigenvalue weighted by Gasteiger charge is 2.33. The Bertz CT molecular complexity index is 443. The second-order valence-electron chi connectivity index (χ2n) is 4.27. The second-order valence-corrected chi connectivity index (χ2v) is 4.27. The molecule has 2 aliphatic heterocycles. The summed E-state index contributed by atoms with van der Waals surface area (Å²) in [6, 6.07) is 4.87. The molecule has 0 spiro atoms. The second kappa shape index (κ2) is 3.56. The molecule has 3 nitrogen and oxygen atoms in total. The van der Waals surface area contributed by atoms with Crippen molar-refractivity contribution in [2.75, 3.05) is 18.0 Å². The number of hydrogen-bond donors (Lipinski definition) is 1. The third-order valence-corrected chi connectivity index (χ3v) is 3.36. The lowest BCUT2D eigenvalue weighted by atomic mass is 10.1. The van der Waals surface area contributed by atoms with Gasteiger partial charge in [0.05, 0.1) is 6.04 Å². The minimum atomic E-state index is -0.200. The molecule has 1 N–H and O–H groups in total. The number of benzene rings is 1. The zero-order valence-corrected chi connectivity index (χ0v) is 8.87. The van der Waals surface area contributed by atoms with Crippen LogP contribution in [0.25, 0.3) is 0 Å². The van der Waals surface area contributed by atoms with Gasteiger partial charge in [-0.2, -0.15) is 0 Å². The van der Waals surface area contributed by atoms with Crippen molar-refractivity contribution in [3.8, 4) is 0 Å². The average Bonchev–Trinajstić information content (AvgIpc) is 2.59. The highest BCUT2D eigenvalue weighted by Crippen LogP contribution is 2.30. The first-order chi connectivity index (χ1) is 7.77. The molecule has 0 saturated carbocycles. The van der Waals surface area contributed by atoms with Crippen LogP contribution in [0.4, 0.5) is 10.1 Å². The first-order valence-electron chi connectivity index (χ1n) is 5.59. The van der Waals surface area contributed by atoms with Gasteiger partial charge < -0.3 is 10.2 Å². The summed E-state index contributed by atoms with van der Waals surface area (Å²) in [6.07, 6.45) is 1.51. The van der Waals surface area contributed by atoms with Crippen LogP contribution in [0.1, 0.15) is 12.0 Å². The molecule has 2 heterocycles. The highest BCUT2D eigenvalue weighted by molar-refractivity contribution is 5.99. The van der Waals surface area contributed by atoms with Gasteiger partial charge in [-0.1, -0.05) is 6.07 Å². The Labute approximate surface area is 93.2 Å². The standard InChI is InChI=1S/C12H13FN2O/c13-9-2-1-3-11-8(9)5-7-15(11)12(16)10-4-6-14-10/h1-3,10,14H,4-7H2. The number of carbonyl (C=O) groups excluding carboxylic acids is 1. The van der Waals surface area contributed by atoms with E-state index in [2.05, 4.69) is 5.32 Å². The van der Waals surface area contributed by atoms with Crippen molar-refractivity contribution in [3.63, 3.8) is 0 Å². The predicted molar refractivity (Wildman–Crippen MR) is 58.9 cm³/mol. The molecule has 0 aromatic heterocycles. The first kappa shape index (κ1) is 9.78. The summed E-state index contributed by atoms with van der Waals surface area (Å²) in [4.78, 5) is 13.7. The number of anilines is 1. The van der Waals surface area contributed by atoms with Gasteiger partial charge in [-0.15, -0.1) is 0 Å². The number of nitrogens with one attached hydrogen (secondary N) is 1. The monoisotopic (exact) mass is 220 g/mol. The summed E-state index contributed by atoms with van der Waals surface area (Å²) in [5, 5.41) is 3.08. The summed E-state index contributed by atoms with van der Waals surface area (Å²) in [5.41, 5.74) is 1.42. The molecule has 1 aromatic carbocycles. The molecule has 2 aliphatic rings. The molecule has 0 aliphatic carbocycles. The lowest BCUT2D eigenvalue weighted by Gasteiger charge is -2.30. The van der Waals surface area contributed by atoms with Gasteiger partial charge in [0, 0.05) is 17.8 Å². The number of carbonyl (C=O) groups is 1. The molecule has 3 rings (SSSR count). The van der Waals surface area contributed by atoms with Crippen LogP contribution in [0.5, 0.6) is 0 Å². The van der Waals surface area contributed by atoms with Gasteiger partial charge in [-0.05, 0) is 31.5 Å². The lowest BCUT2D eigenvalue weighted by molar-refractivity contribution is -0.122. The van der Waals surface area contributed by atoms with E-state index >= 15 is 0 Å². The van der Waals surface area contributed by atoms with Crippen molar-refractivity contribution in [3.05, 3.63) is 29.6 Å². The van der Waals surface area contributed by atoms with Gasteiger partial charge in [0.2, 0.25) is 5.91 Å². The SMILES string of the molecule is O=C(C1CCN1)N1CCc2c(F)cccc21. The summed E-state index contributed by atoms with van der Waals surface area (Å²) in [7, 11) is 0. The molecule has 0 bridgehead atoms. The molecular weight excluding hydrogens is 207 g/mol. The van der Waals surface area contributed by atoms with Crippen molar-refractivity contribution in [2.45, 2.75) is 18.9 Å². The third kappa shape index (κ3) is 1.33. The normalized spacial score (nSPS) is 22.8. The van der Waals surface area contributed by atoms with Gasteiger partial charge in [0.1, 0.15) is 5.82 Å². The fourth-order valence-corrected chi connectivity index (χ4v) is 2.31. The van der Waals surface area contributed by atoms with E-state index in [1.54, 1.807) is 11.0 Å². The van der Waals surface area contributed by atoms with Crippen LogP contribution in [-0.4, -0.2) is 25.0 Å². The molecule has 1 aromatic rings. The average molecular weight is 220 g/mol. The number of fused-ring (bicyclic) bond motifs is 1. The van der Waals surface area contributed by atoms with Crippen LogP contribution in [0.15, 0.2) is 18.2 Å². The minimum Gasteiger partial charge on any atom is -0.310 e. The van der Waals surface area contributed by atoms with E-state index in [1.807, 2.05) is 6.07 Å². The molecule has 16 heavy (non-hydrogen) atoms. The zero-order valence-electron chi connectivity index (χ0n) is 8.87.